The van der Waals surface area contributed by atoms with Gasteiger partial charge in [-0.15, -0.1) is 0 Å². The monoisotopic (exact) mass is 296 g/mol. The fourth-order valence-electron chi connectivity index (χ4n) is 1.95. The Balaban J connectivity index is 1.93. The molecule has 0 spiro atoms. The maximum atomic E-state index is 11.7. The number of rotatable bonds is 5. The van der Waals surface area contributed by atoms with Crippen LogP contribution < -0.4 is 4.74 Å². The topological polar surface area (TPSA) is 72.2 Å². The number of nitriles is 1. The predicted octanol–water partition coefficient (Wildman–Crippen LogP) is 2.69. The Morgan fingerprint density at radius 1 is 1.27 bits per heavy atom. The van der Waals surface area contributed by atoms with Crippen LogP contribution in [0.15, 0.2) is 36.4 Å². The highest BCUT2D eigenvalue weighted by Gasteiger charge is 2.12. The predicted molar refractivity (Wildman–Crippen MR) is 80.2 cm³/mol. The third-order valence-electron chi connectivity index (χ3n) is 2.99. The van der Waals surface area contributed by atoms with E-state index in [0.717, 1.165) is 16.8 Å². The summed E-state index contributed by atoms with van der Waals surface area (Å²) in [4.78, 5) is 15.8. The van der Waals surface area contributed by atoms with Crippen molar-refractivity contribution in [2.75, 3.05) is 6.61 Å². The minimum atomic E-state index is -0.506. The van der Waals surface area contributed by atoms with Gasteiger partial charge in [-0.2, -0.15) is 5.26 Å². The van der Waals surface area contributed by atoms with E-state index in [1.54, 1.807) is 19.9 Å². The van der Waals surface area contributed by atoms with Crippen LogP contribution in [0.25, 0.3) is 0 Å². The summed E-state index contributed by atoms with van der Waals surface area (Å²) in [6, 6.07) is 13.2. The van der Waals surface area contributed by atoms with Crippen molar-refractivity contribution >= 4 is 5.97 Å². The summed E-state index contributed by atoms with van der Waals surface area (Å²) in [5.74, 6) is -0.342. The van der Waals surface area contributed by atoms with Gasteiger partial charge in [0.15, 0.2) is 6.61 Å². The van der Waals surface area contributed by atoms with Crippen LogP contribution in [0.2, 0.25) is 0 Å². The third kappa shape index (κ3) is 4.06. The standard InChI is InChI=1S/C17H16N2O3/c1-12-8-13(2)19-17(15(12)9-18)22-11-16(20)21-10-14-6-4-3-5-7-14/h3-8H,10-11H2,1-2H3. The van der Waals surface area contributed by atoms with Gasteiger partial charge in [-0.3, -0.25) is 0 Å². The van der Waals surface area contributed by atoms with Crippen LogP contribution in [-0.4, -0.2) is 17.6 Å². The molecule has 0 atom stereocenters. The lowest BCUT2D eigenvalue weighted by Gasteiger charge is -2.09. The van der Waals surface area contributed by atoms with Gasteiger partial charge in [-0.25, -0.2) is 9.78 Å². The Morgan fingerprint density at radius 2 is 2.00 bits per heavy atom. The van der Waals surface area contributed by atoms with E-state index in [0.29, 0.717) is 5.56 Å². The summed E-state index contributed by atoms with van der Waals surface area (Å²) in [5, 5.41) is 9.12. The molecule has 0 N–H and O–H groups in total. The first kappa shape index (κ1) is 15.5. The van der Waals surface area contributed by atoms with E-state index in [1.807, 2.05) is 36.4 Å². The number of ether oxygens (including phenoxy) is 2. The summed E-state index contributed by atoms with van der Waals surface area (Å²) in [7, 11) is 0. The minimum absolute atomic E-state index is 0.164. The number of nitrogens with zero attached hydrogens (tertiary/aromatic N) is 2. The lowest BCUT2D eigenvalue weighted by molar-refractivity contribution is -0.147. The van der Waals surface area contributed by atoms with E-state index >= 15 is 0 Å². The Morgan fingerprint density at radius 3 is 2.68 bits per heavy atom. The fourth-order valence-corrected chi connectivity index (χ4v) is 1.95. The van der Waals surface area contributed by atoms with Crippen molar-refractivity contribution in [3.63, 3.8) is 0 Å². The molecule has 0 saturated heterocycles. The summed E-state index contributed by atoms with van der Waals surface area (Å²) < 4.78 is 10.4. The van der Waals surface area contributed by atoms with E-state index in [4.69, 9.17) is 14.7 Å². The number of carbonyl (C=O) groups excluding carboxylic acids is 1. The molecule has 2 rings (SSSR count). The third-order valence-corrected chi connectivity index (χ3v) is 2.99. The summed E-state index contributed by atoms with van der Waals surface area (Å²) in [6.07, 6.45) is 0. The van der Waals surface area contributed by atoms with Gasteiger partial charge in [0.1, 0.15) is 18.2 Å². The van der Waals surface area contributed by atoms with Gasteiger partial charge in [0.2, 0.25) is 5.88 Å². The van der Waals surface area contributed by atoms with Crippen molar-refractivity contribution in [2.24, 2.45) is 0 Å². The van der Waals surface area contributed by atoms with Gasteiger partial charge in [-0.05, 0) is 31.0 Å². The van der Waals surface area contributed by atoms with Crippen LogP contribution in [0, 0.1) is 25.2 Å². The molecule has 22 heavy (non-hydrogen) atoms. The van der Waals surface area contributed by atoms with Crippen molar-refractivity contribution in [1.82, 2.24) is 4.98 Å². The van der Waals surface area contributed by atoms with Crippen molar-refractivity contribution < 1.29 is 14.3 Å². The van der Waals surface area contributed by atoms with Crippen molar-refractivity contribution in [3.05, 3.63) is 58.8 Å². The van der Waals surface area contributed by atoms with E-state index in [-0.39, 0.29) is 19.1 Å². The molecule has 0 aliphatic rings. The molecule has 5 heteroatoms. The Hall–Kier alpha value is -2.87. The lowest BCUT2D eigenvalue weighted by Crippen LogP contribution is -2.16. The smallest absolute Gasteiger partial charge is 0.344 e. The van der Waals surface area contributed by atoms with Crippen LogP contribution in [0.4, 0.5) is 0 Å². The zero-order valence-electron chi connectivity index (χ0n) is 12.5. The molecule has 0 saturated carbocycles. The van der Waals surface area contributed by atoms with Crippen molar-refractivity contribution in [3.8, 4) is 11.9 Å². The molecule has 0 fully saturated rings. The van der Waals surface area contributed by atoms with Crippen molar-refractivity contribution in [2.45, 2.75) is 20.5 Å². The van der Waals surface area contributed by atoms with E-state index in [9.17, 15) is 4.79 Å². The zero-order valence-corrected chi connectivity index (χ0v) is 12.5. The Kier molecular flexibility index (Phi) is 5.10. The normalized spacial score (nSPS) is 9.86. The molecule has 0 radical (unpaired) electrons. The SMILES string of the molecule is Cc1cc(C)c(C#N)c(OCC(=O)OCc2ccccc2)n1. The van der Waals surface area contributed by atoms with Gasteiger partial charge < -0.3 is 9.47 Å². The van der Waals surface area contributed by atoms with Crippen molar-refractivity contribution in [1.29, 1.82) is 5.26 Å². The molecule has 1 heterocycles. The van der Waals surface area contributed by atoms with Crippen LogP contribution >= 0.6 is 0 Å². The van der Waals surface area contributed by atoms with E-state index in [1.165, 1.54) is 0 Å². The maximum absolute atomic E-state index is 11.7. The number of aryl methyl sites for hydroxylation is 2. The number of hydrogen-bond acceptors (Lipinski definition) is 5. The summed E-state index contributed by atoms with van der Waals surface area (Å²) >= 11 is 0. The molecular weight excluding hydrogens is 280 g/mol. The first-order chi connectivity index (χ1) is 10.6. The Labute approximate surface area is 129 Å². The molecule has 0 unspecified atom stereocenters. The minimum Gasteiger partial charge on any atom is -0.465 e. The summed E-state index contributed by atoms with van der Waals surface area (Å²) in [5.41, 5.74) is 2.73. The van der Waals surface area contributed by atoms with Crippen LogP contribution in [0.3, 0.4) is 0 Å². The second-order valence-corrected chi connectivity index (χ2v) is 4.81. The molecule has 2 aromatic rings. The number of hydrogen-bond donors (Lipinski definition) is 0. The fraction of sp³-hybridized carbons (Fsp3) is 0.235. The van der Waals surface area contributed by atoms with Crippen LogP contribution in [0.5, 0.6) is 5.88 Å². The maximum Gasteiger partial charge on any atom is 0.344 e. The van der Waals surface area contributed by atoms with Gasteiger partial charge >= 0.3 is 5.97 Å². The first-order valence-electron chi connectivity index (χ1n) is 6.81. The highest BCUT2D eigenvalue weighted by Crippen LogP contribution is 2.19. The van der Waals surface area contributed by atoms with Crippen LogP contribution in [-0.2, 0) is 16.1 Å². The lowest BCUT2D eigenvalue weighted by atomic mass is 10.1. The Bertz CT molecular complexity index is 706. The number of aromatic nitrogens is 1. The molecule has 112 valence electrons. The number of pyridine rings is 1. The molecule has 1 aromatic heterocycles. The molecule has 0 amide bonds. The van der Waals surface area contributed by atoms with Gasteiger partial charge in [-0.1, -0.05) is 30.3 Å². The molecule has 0 bridgehead atoms. The quantitative estimate of drug-likeness (QED) is 0.793. The second-order valence-electron chi connectivity index (χ2n) is 4.81. The molecular formula is C17H16N2O3. The average Bonchev–Trinajstić information content (AvgIpc) is 2.51. The van der Waals surface area contributed by atoms with E-state index < -0.39 is 5.97 Å². The van der Waals surface area contributed by atoms with Crippen LogP contribution in [0.1, 0.15) is 22.4 Å². The van der Waals surface area contributed by atoms with Gasteiger partial charge in [0, 0.05) is 5.69 Å². The number of esters is 1. The highest BCUT2D eigenvalue weighted by molar-refractivity contribution is 5.71. The molecule has 0 aliphatic carbocycles. The first-order valence-corrected chi connectivity index (χ1v) is 6.81. The highest BCUT2D eigenvalue weighted by atomic mass is 16.6. The van der Waals surface area contributed by atoms with E-state index in [2.05, 4.69) is 4.98 Å². The molecule has 1 aromatic carbocycles. The number of carbonyl (C=O) groups is 1. The second kappa shape index (κ2) is 7.23. The average molecular weight is 296 g/mol. The zero-order chi connectivity index (χ0) is 15.9. The molecule has 5 nitrogen and oxygen atoms in total. The summed E-state index contributed by atoms with van der Waals surface area (Å²) in [6.45, 7) is 3.51. The van der Waals surface area contributed by atoms with Gasteiger partial charge in [0.25, 0.3) is 0 Å². The number of benzene rings is 1. The van der Waals surface area contributed by atoms with Gasteiger partial charge in [0.05, 0.1) is 0 Å². The largest absolute Gasteiger partial charge is 0.465 e. The molecule has 0 aliphatic heterocycles.